The number of thiazole rings is 1. The Morgan fingerprint density at radius 3 is 2.62 bits per heavy atom. The molecule has 1 aromatic carbocycles. The van der Waals surface area contributed by atoms with Gasteiger partial charge in [-0.1, -0.05) is 12.1 Å². The van der Waals surface area contributed by atoms with E-state index in [2.05, 4.69) is 10.3 Å². The summed E-state index contributed by atoms with van der Waals surface area (Å²) in [6, 6.07) is 4.84. The van der Waals surface area contributed by atoms with Gasteiger partial charge in [0.15, 0.2) is 0 Å². The fourth-order valence-electron chi connectivity index (χ4n) is 2.45. The third-order valence-electron chi connectivity index (χ3n) is 3.94. The molecule has 144 valence electrons. The van der Waals surface area contributed by atoms with Gasteiger partial charge in [-0.05, 0) is 30.9 Å². The van der Waals surface area contributed by atoms with Gasteiger partial charge < -0.3 is 11.1 Å². The first-order valence-electron chi connectivity index (χ1n) is 7.52. The number of carbonyl (C=O) groups excluding carboxylic acids is 1. The van der Waals surface area contributed by atoms with Crippen LogP contribution in [-0.2, 0) is 6.18 Å². The Balaban J connectivity index is 0.00000169. The number of nitrogens with two attached hydrogens (primary N) is 1. The molecule has 4 nitrogen and oxygen atoms in total. The van der Waals surface area contributed by atoms with Crippen LogP contribution in [0.5, 0.6) is 0 Å². The van der Waals surface area contributed by atoms with Gasteiger partial charge in [0.25, 0.3) is 5.91 Å². The van der Waals surface area contributed by atoms with Crippen LogP contribution in [0.2, 0.25) is 0 Å². The monoisotopic (exact) mass is 427 g/mol. The molecule has 1 fully saturated rings. The number of nitrogens with one attached hydrogen (secondary N) is 1. The summed E-state index contributed by atoms with van der Waals surface area (Å²) in [6.07, 6.45) is -2.31. The van der Waals surface area contributed by atoms with E-state index in [0.717, 1.165) is 36.3 Å². The van der Waals surface area contributed by atoms with Crippen LogP contribution in [0.25, 0.3) is 10.6 Å². The normalized spacial score (nSPS) is 14.8. The van der Waals surface area contributed by atoms with Crippen molar-refractivity contribution in [2.45, 2.75) is 25.1 Å². The Kier molecular flexibility index (Phi) is 7.88. The second-order valence-corrected chi connectivity index (χ2v) is 6.63. The van der Waals surface area contributed by atoms with Crippen LogP contribution in [0.3, 0.4) is 0 Å². The van der Waals surface area contributed by atoms with Gasteiger partial charge in [0, 0.05) is 23.5 Å². The number of hydrogen-bond donors (Lipinski definition) is 2. The van der Waals surface area contributed by atoms with Crippen LogP contribution in [0, 0.1) is 5.92 Å². The molecule has 1 atom stereocenters. The molecule has 1 heterocycles. The minimum absolute atomic E-state index is 0. The van der Waals surface area contributed by atoms with Gasteiger partial charge in [-0.3, -0.25) is 4.79 Å². The lowest BCUT2D eigenvalue weighted by atomic mass is 10.1. The number of benzene rings is 1. The maximum atomic E-state index is 12.8. The minimum atomic E-state index is -4.41. The smallest absolute Gasteiger partial charge is 0.346 e. The number of amides is 1. The summed E-state index contributed by atoms with van der Waals surface area (Å²) in [4.78, 5) is 16.4. The standard InChI is InChI=1S/C16H16F3N3OS.2ClH/c17-16(18,19)11-3-1-2-10(6-11)15-22-13(8-24-15)14(23)21-12(7-20)9-4-5-9;;/h1-3,6,8-9,12H,4-5,7,20H2,(H,21,23);2*1H. The SMILES string of the molecule is Cl.Cl.NCC(NC(=O)c1csc(-c2cccc(C(F)(F)F)c2)n1)C1CC1. The molecule has 10 heteroatoms. The maximum absolute atomic E-state index is 12.8. The van der Waals surface area contributed by atoms with E-state index in [0.29, 0.717) is 23.0 Å². The first-order valence-corrected chi connectivity index (χ1v) is 8.40. The number of carbonyl (C=O) groups is 1. The highest BCUT2D eigenvalue weighted by Crippen LogP contribution is 2.34. The molecule has 3 rings (SSSR count). The van der Waals surface area contributed by atoms with E-state index in [1.54, 1.807) is 11.4 Å². The summed E-state index contributed by atoms with van der Waals surface area (Å²) in [5, 5.41) is 4.77. The Morgan fingerprint density at radius 2 is 2.04 bits per heavy atom. The molecule has 1 amide bonds. The molecule has 26 heavy (non-hydrogen) atoms. The number of halogens is 5. The summed E-state index contributed by atoms with van der Waals surface area (Å²) in [5.74, 6) is 0.0762. The summed E-state index contributed by atoms with van der Waals surface area (Å²) in [5.41, 5.74) is 5.46. The van der Waals surface area contributed by atoms with Crippen LogP contribution in [0.1, 0.15) is 28.9 Å². The van der Waals surface area contributed by atoms with Crippen LogP contribution in [0.4, 0.5) is 13.2 Å². The lowest BCUT2D eigenvalue weighted by Gasteiger charge is -2.14. The maximum Gasteiger partial charge on any atom is 0.416 e. The zero-order chi connectivity index (χ0) is 17.3. The first kappa shape index (κ1) is 22.7. The van der Waals surface area contributed by atoms with Crippen molar-refractivity contribution in [3.8, 4) is 10.6 Å². The topological polar surface area (TPSA) is 68.0 Å². The molecular formula is C16H18Cl2F3N3OS. The molecule has 0 spiro atoms. The minimum Gasteiger partial charge on any atom is -0.346 e. The van der Waals surface area contributed by atoms with Gasteiger partial charge in [-0.25, -0.2) is 4.98 Å². The zero-order valence-electron chi connectivity index (χ0n) is 13.5. The van der Waals surface area contributed by atoms with E-state index < -0.39 is 11.7 Å². The zero-order valence-corrected chi connectivity index (χ0v) is 15.9. The van der Waals surface area contributed by atoms with Gasteiger partial charge in [-0.2, -0.15) is 13.2 Å². The Morgan fingerprint density at radius 1 is 1.35 bits per heavy atom. The van der Waals surface area contributed by atoms with Gasteiger partial charge in [0.2, 0.25) is 0 Å². The lowest BCUT2D eigenvalue weighted by Crippen LogP contribution is -2.41. The number of alkyl halides is 3. The molecule has 0 bridgehead atoms. The van der Waals surface area contributed by atoms with E-state index in [1.807, 2.05) is 0 Å². The van der Waals surface area contributed by atoms with Crippen molar-refractivity contribution in [1.29, 1.82) is 0 Å². The van der Waals surface area contributed by atoms with Crippen molar-refractivity contribution in [3.05, 3.63) is 40.9 Å². The molecule has 0 radical (unpaired) electrons. The Bertz CT molecular complexity index is 750. The van der Waals surface area contributed by atoms with E-state index >= 15 is 0 Å². The Hall–Kier alpha value is -1.35. The number of nitrogens with zero attached hydrogens (tertiary/aromatic N) is 1. The van der Waals surface area contributed by atoms with Crippen LogP contribution in [0.15, 0.2) is 29.6 Å². The summed E-state index contributed by atoms with van der Waals surface area (Å²) in [6.45, 7) is 0.362. The van der Waals surface area contributed by atoms with Crippen LogP contribution >= 0.6 is 36.2 Å². The van der Waals surface area contributed by atoms with E-state index in [9.17, 15) is 18.0 Å². The predicted octanol–water partition coefficient (Wildman–Crippen LogP) is 4.14. The number of aromatic nitrogens is 1. The third-order valence-corrected chi connectivity index (χ3v) is 4.83. The van der Waals surface area contributed by atoms with Gasteiger partial charge in [-0.15, -0.1) is 36.2 Å². The van der Waals surface area contributed by atoms with E-state index in [4.69, 9.17) is 5.73 Å². The quantitative estimate of drug-likeness (QED) is 0.753. The molecule has 0 aliphatic heterocycles. The average Bonchev–Trinajstić information content (AvgIpc) is 3.27. The third kappa shape index (κ3) is 5.33. The Labute approximate surface area is 165 Å². The highest BCUT2D eigenvalue weighted by molar-refractivity contribution is 7.13. The largest absolute Gasteiger partial charge is 0.416 e. The first-order chi connectivity index (χ1) is 11.4. The van der Waals surface area contributed by atoms with Gasteiger partial charge in [0.05, 0.1) is 5.56 Å². The second kappa shape index (κ2) is 9.03. The average molecular weight is 428 g/mol. The summed E-state index contributed by atoms with van der Waals surface area (Å²) in [7, 11) is 0. The van der Waals surface area contributed by atoms with E-state index in [-0.39, 0.29) is 42.5 Å². The fraction of sp³-hybridized carbons (Fsp3) is 0.375. The molecule has 1 saturated carbocycles. The highest BCUT2D eigenvalue weighted by atomic mass is 35.5. The fourth-order valence-corrected chi connectivity index (χ4v) is 3.25. The second-order valence-electron chi connectivity index (χ2n) is 5.77. The highest BCUT2D eigenvalue weighted by Gasteiger charge is 2.32. The number of rotatable bonds is 5. The van der Waals surface area contributed by atoms with Crippen molar-refractivity contribution in [2.75, 3.05) is 6.54 Å². The molecule has 1 aliphatic rings. The predicted molar refractivity (Wildman–Crippen MR) is 100 cm³/mol. The summed E-state index contributed by atoms with van der Waals surface area (Å²) >= 11 is 1.14. The molecule has 1 aliphatic carbocycles. The van der Waals surface area contributed by atoms with Crippen molar-refractivity contribution in [3.63, 3.8) is 0 Å². The molecule has 2 aromatic rings. The van der Waals surface area contributed by atoms with E-state index in [1.165, 1.54) is 6.07 Å². The molecule has 1 unspecified atom stereocenters. The van der Waals surface area contributed by atoms with Crippen molar-refractivity contribution >= 4 is 42.1 Å². The van der Waals surface area contributed by atoms with Crippen molar-refractivity contribution in [1.82, 2.24) is 10.3 Å². The lowest BCUT2D eigenvalue weighted by molar-refractivity contribution is -0.137. The van der Waals surface area contributed by atoms with Gasteiger partial charge >= 0.3 is 6.18 Å². The molecule has 1 aromatic heterocycles. The summed E-state index contributed by atoms with van der Waals surface area (Å²) < 4.78 is 38.4. The van der Waals surface area contributed by atoms with Crippen molar-refractivity contribution in [2.24, 2.45) is 11.7 Å². The van der Waals surface area contributed by atoms with Crippen molar-refractivity contribution < 1.29 is 18.0 Å². The van der Waals surface area contributed by atoms with Gasteiger partial charge in [0.1, 0.15) is 10.7 Å². The van der Waals surface area contributed by atoms with Crippen LogP contribution < -0.4 is 11.1 Å². The molecule has 3 N–H and O–H groups in total. The van der Waals surface area contributed by atoms with Crippen LogP contribution in [-0.4, -0.2) is 23.5 Å². The number of hydrogen-bond acceptors (Lipinski definition) is 4. The molecular weight excluding hydrogens is 410 g/mol. The molecule has 0 saturated heterocycles.